The summed E-state index contributed by atoms with van der Waals surface area (Å²) in [5.74, 6) is 0.0473. The summed E-state index contributed by atoms with van der Waals surface area (Å²) < 4.78 is 0.962. The Bertz CT molecular complexity index is 990. The molecule has 0 saturated heterocycles. The molecule has 0 bridgehead atoms. The minimum atomic E-state index is -0.154. The van der Waals surface area contributed by atoms with Gasteiger partial charge in [-0.3, -0.25) is 9.59 Å². The largest absolute Gasteiger partial charge is 0.325 e. The Balaban J connectivity index is 1.56. The van der Waals surface area contributed by atoms with Crippen molar-refractivity contribution in [3.63, 3.8) is 0 Å². The van der Waals surface area contributed by atoms with E-state index in [9.17, 15) is 9.59 Å². The van der Waals surface area contributed by atoms with E-state index in [1.165, 1.54) is 11.8 Å². The normalized spacial score (nSPS) is 10.4. The van der Waals surface area contributed by atoms with E-state index in [0.29, 0.717) is 11.3 Å². The van der Waals surface area contributed by atoms with Crippen molar-refractivity contribution in [3.05, 3.63) is 88.4 Å². The molecular formula is C22H19BrN2O2S. The number of aryl methyl sites for hydroxylation is 1. The van der Waals surface area contributed by atoms with Crippen LogP contribution in [0.4, 0.5) is 11.4 Å². The molecule has 3 aromatic carbocycles. The number of rotatable bonds is 6. The van der Waals surface area contributed by atoms with E-state index in [1.807, 2.05) is 73.7 Å². The summed E-state index contributed by atoms with van der Waals surface area (Å²) in [4.78, 5) is 25.4. The zero-order valence-electron chi connectivity index (χ0n) is 15.2. The Morgan fingerprint density at radius 1 is 0.893 bits per heavy atom. The second kappa shape index (κ2) is 9.57. The summed E-state index contributed by atoms with van der Waals surface area (Å²) in [5, 5.41) is 5.76. The van der Waals surface area contributed by atoms with E-state index in [2.05, 4.69) is 26.6 Å². The van der Waals surface area contributed by atoms with Gasteiger partial charge < -0.3 is 10.6 Å². The Morgan fingerprint density at radius 3 is 2.39 bits per heavy atom. The third-order valence-corrected chi connectivity index (χ3v) is 5.39. The number of carbonyl (C=O) groups is 2. The number of amides is 2. The van der Waals surface area contributed by atoms with Crippen LogP contribution < -0.4 is 10.6 Å². The minimum Gasteiger partial charge on any atom is -0.325 e. The third kappa shape index (κ3) is 5.97. The average Bonchev–Trinajstić information content (AvgIpc) is 2.68. The van der Waals surface area contributed by atoms with Gasteiger partial charge in [0.15, 0.2) is 0 Å². The second-order valence-corrected chi connectivity index (χ2v) is 8.16. The zero-order chi connectivity index (χ0) is 19.9. The molecule has 28 heavy (non-hydrogen) atoms. The van der Waals surface area contributed by atoms with Gasteiger partial charge in [0.25, 0.3) is 5.91 Å². The summed E-state index contributed by atoms with van der Waals surface area (Å²) in [5.41, 5.74) is 3.11. The molecule has 0 aromatic heterocycles. The van der Waals surface area contributed by atoms with E-state index >= 15 is 0 Å². The molecule has 0 fully saturated rings. The standard InChI is InChI=1S/C22H19BrN2O2S/c1-15-4-2-5-16(12-15)22(27)25-19-6-3-7-20(13-19)28-14-21(26)24-18-10-8-17(23)9-11-18/h2-13H,14H2,1H3,(H,24,26)(H,25,27). The number of anilines is 2. The molecule has 2 N–H and O–H groups in total. The maximum atomic E-state index is 12.4. The second-order valence-electron chi connectivity index (χ2n) is 6.20. The molecule has 0 atom stereocenters. The first-order valence-corrected chi connectivity index (χ1v) is 10.4. The van der Waals surface area contributed by atoms with Crippen molar-refractivity contribution in [2.75, 3.05) is 16.4 Å². The Hall–Kier alpha value is -2.57. The fourth-order valence-electron chi connectivity index (χ4n) is 2.53. The lowest BCUT2D eigenvalue weighted by molar-refractivity contribution is -0.113. The van der Waals surface area contributed by atoms with Gasteiger partial charge in [-0.1, -0.05) is 39.7 Å². The molecule has 0 radical (unpaired) electrons. The van der Waals surface area contributed by atoms with Crippen LogP contribution in [-0.2, 0) is 4.79 Å². The van der Waals surface area contributed by atoms with Crippen LogP contribution in [0.3, 0.4) is 0 Å². The van der Waals surface area contributed by atoms with Gasteiger partial charge in [0.1, 0.15) is 0 Å². The van der Waals surface area contributed by atoms with Crippen LogP contribution in [0, 0.1) is 6.92 Å². The van der Waals surface area contributed by atoms with E-state index in [1.54, 1.807) is 6.07 Å². The third-order valence-electron chi connectivity index (χ3n) is 3.87. The quantitative estimate of drug-likeness (QED) is 0.466. The van der Waals surface area contributed by atoms with Crippen molar-refractivity contribution in [1.82, 2.24) is 0 Å². The van der Waals surface area contributed by atoms with E-state index < -0.39 is 0 Å². The van der Waals surface area contributed by atoms with Gasteiger partial charge in [0, 0.05) is 26.3 Å². The van der Waals surface area contributed by atoms with Gasteiger partial charge in [-0.2, -0.15) is 0 Å². The molecule has 2 amide bonds. The van der Waals surface area contributed by atoms with Crippen LogP contribution in [0.25, 0.3) is 0 Å². The number of thioether (sulfide) groups is 1. The summed E-state index contributed by atoms with van der Waals surface area (Å²) in [6.07, 6.45) is 0. The highest BCUT2D eigenvalue weighted by atomic mass is 79.9. The van der Waals surface area contributed by atoms with Crippen LogP contribution in [0.1, 0.15) is 15.9 Å². The number of benzene rings is 3. The number of carbonyl (C=O) groups excluding carboxylic acids is 2. The Kier molecular flexibility index (Phi) is 6.90. The van der Waals surface area contributed by atoms with Crippen LogP contribution in [0.15, 0.2) is 82.2 Å². The molecule has 0 aliphatic carbocycles. The molecule has 3 rings (SSSR count). The predicted molar refractivity (Wildman–Crippen MR) is 119 cm³/mol. The SMILES string of the molecule is Cc1cccc(C(=O)Nc2cccc(SCC(=O)Nc3ccc(Br)cc3)c2)c1. The highest BCUT2D eigenvalue weighted by molar-refractivity contribution is 9.10. The minimum absolute atomic E-state index is 0.0819. The van der Waals surface area contributed by atoms with E-state index in [4.69, 9.17) is 0 Å². The van der Waals surface area contributed by atoms with Crippen molar-refractivity contribution in [2.45, 2.75) is 11.8 Å². The van der Waals surface area contributed by atoms with E-state index in [0.717, 1.165) is 20.6 Å². The van der Waals surface area contributed by atoms with Crippen LogP contribution in [-0.4, -0.2) is 17.6 Å². The smallest absolute Gasteiger partial charge is 0.255 e. The number of nitrogens with one attached hydrogen (secondary N) is 2. The first kappa shape index (κ1) is 20.2. The molecule has 6 heteroatoms. The molecule has 4 nitrogen and oxygen atoms in total. The number of hydrogen-bond donors (Lipinski definition) is 2. The summed E-state index contributed by atoms with van der Waals surface area (Å²) in [6, 6.07) is 22.4. The molecular weight excluding hydrogens is 436 g/mol. The Labute approximate surface area is 176 Å². The molecule has 0 aliphatic heterocycles. The summed E-state index contributed by atoms with van der Waals surface area (Å²) in [6.45, 7) is 1.95. The molecule has 142 valence electrons. The highest BCUT2D eigenvalue weighted by Crippen LogP contribution is 2.23. The van der Waals surface area contributed by atoms with Crippen molar-refractivity contribution < 1.29 is 9.59 Å². The molecule has 0 saturated carbocycles. The van der Waals surface area contributed by atoms with Crippen molar-refractivity contribution >= 4 is 50.9 Å². The van der Waals surface area contributed by atoms with Gasteiger partial charge in [-0.15, -0.1) is 11.8 Å². The van der Waals surface area contributed by atoms with Gasteiger partial charge >= 0.3 is 0 Å². The van der Waals surface area contributed by atoms with Gasteiger partial charge in [0.05, 0.1) is 5.75 Å². The van der Waals surface area contributed by atoms with Gasteiger partial charge in [-0.25, -0.2) is 0 Å². The van der Waals surface area contributed by atoms with Gasteiger partial charge in [-0.05, 0) is 61.5 Å². The lowest BCUT2D eigenvalue weighted by Gasteiger charge is -2.08. The lowest BCUT2D eigenvalue weighted by atomic mass is 10.1. The van der Waals surface area contributed by atoms with Crippen molar-refractivity contribution in [2.24, 2.45) is 0 Å². The maximum absolute atomic E-state index is 12.4. The number of halogens is 1. The van der Waals surface area contributed by atoms with Crippen molar-refractivity contribution in [1.29, 1.82) is 0 Å². The molecule has 0 spiro atoms. The van der Waals surface area contributed by atoms with Crippen LogP contribution >= 0.6 is 27.7 Å². The van der Waals surface area contributed by atoms with Crippen LogP contribution in [0.2, 0.25) is 0 Å². The summed E-state index contributed by atoms with van der Waals surface area (Å²) >= 11 is 4.79. The monoisotopic (exact) mass is 454 g/mol. The first-order valence-electron chi connectivity index (χ1n) is 8.66. The zero-order valence-corrected chi connectivity index (χ0v) is 17.6. The van der Waals surface area contributed by atoms with E-state index in [-0.39, 0.29) is 17.6 Å². The van der Waals surface area contributed by atoms with Crippen LogP contribution in [0.5, 0.6) is 0 Å². The summed E-state index contributed by atoms with van der Waals surface area (Å²) in [7, 11) is 0. The predicted octanol–water partition coefficient (Wildman–Crippen LogP) is 5.74. The average molecular weight is 455 g/mol. The highest BCUT2D eigenvalue weighted by Gasteiger charge is 2.08. The fraction of sp³-hybridized carbons (Fsp3) is 0.0909. The topological polar surface area (TPSA) is 58.2 Å². The molecule has 0 heterocycles. The molecule has 0 unspecified atom stereocenters. The molecule has 0 aliphatic rings. The van der Waals surface area contributed by atoms with Gasteiger partial charge in [0.2, 0.25) is 5.91 Å². The molecule has 3 aromatic rings. The fourth-order valence-corrected chi connectivity index (χ4v) is 3.55. The maximum Gasteiger partial charge on any atom is 0.255 e. The number of hydrogen-bond acceptors (Lipinski definition) is 3. The first-order chi connectivity index (χ1) is 13.5. The Morgan fingerprint density at radius 2 is 1.64 bits per heavy atom. The van der Waals surface area contributed by atoms with Crippen molar-refractivity contribution in [3.8, 4) is 0 Å². The lowest BCUT2D eigenvalue weighted by Crippen LogP contribution is -2.14.